The number of pyridine rings is 1. The SMILES string of the molecule is CCOC(=O)c1ccc(N2CCN(CCSc3ccccc3)CC2)nc1. The molecule has 0 unspecified atom stereocenters. The maximum atomic E-state index is 11.7. The first-order valence-corrected chi connectivity index (χ1v) is 10.0. The third-order valence-corrected chi connectivity index (χ3v) is 5.37. The molecule has 1 fully saturated rings. The van der Waals surface area contributed by atoms with Gasteiger partial charge in [-0.2, -0.15) is 0 Å². The van der Waals surface area contributed by atoms with Gasteiger partial charge in [-0.15, -0.1) is 11.8 Å². The van der Waals surface area contributed by atoms with Crippen molar-refractivity contribution in [2.45, 2.75) is 11.8 Å². The maximum Gasteiger partial charge on any atom is 0.339 e. The minimum absolute atomic E-state index is 0.313. The van der Waals surface area contributed by atoms with Crippen molar-refractivity contribution in [1.29, 1.82) is 0 Å². The Morgan fingerprint density at radius 3 is 2.54 bits per heavy atom. The molecule has 1 saturated heterocycles. The third-order valence-electron chi connectivity index (χ3n) is 4.37. The summed E-state index contributed by atoms with van der Waals surface area (Å²) in [6, 6.07) is 14.2. The summed E-state index contributed by atoms with van der Waals surface area (Å²) in [5.41, 5.74) is 0.507. The average molecular weight is 372 g/mol. The van der Waals surface area contributed by atoms with Gasteiger partial charge in [-0.05, 0) is 31.2 Å². The molecule has 0 N–H and O–H groups in total. The summed E-state index contributed by atoms with van der Waals surface area (Å²) in [5, 5.41) is 0. The van der Waals surface area contributed by atoms with Crippen molar-refractivity contribution in [2.75, 3.05) is 50.0 Å². The van der Waals surface area contributed by atoms with Crippen LogP contribution in [-0.4, -0.2) is 60.9 Å². The lowest BCUT2D eigenvalue weighted by atomic mass is 10.2. The van der Waals surface area contributed by atoms with Gasteiger partial charge in [-0.1, -0.05) is 18.2 Å². The predicted molar refractivity (Wildman–Crippen MR) is 106 cm³/mol. The number of carbonyl (C=O) groups is 1. The summed E-state index contributed by atoms with van der Waals surface area (Å²) in [6.45, 7) is 7.28. The summed E-state index contributed by atoms with van der Waals surface area (Å²) in [5.74, 6) is 1.72. The molecule has 0 atom stereocenters. The van der Waals surface area contributed by atoms with Crippen molar-refractivity contribution >= 4 is 23.5 Å². The quantitative estimate of drug-likeness (QED) is 0.550. The Bertz CT molecular complexity index is 686. The molecule has 26 heavy (non-hydrogen) atoms. The number of hydrogen-bond donors (Lipinski definition) is 0. The number of benzene rings is 1. The Balaban J connectivity index is 1.42. The van der Waals surface area contributed by atoms with Gasteiger partial charge >= 0.3 is 5.97 Å². The van der Waals surface area contributed by atoms with Crippen molar-refractivity contribution in [3.05, 3.63) is 54.2 Å². The molecule has 0 amide bonds. The number of esters is 1. The Morgan fingerprint density at radius 1 is 1.12 bits per heavy atom. The van der Waals surface area contributed by atoms with Crippen LogP contribution in [0.4, 0.5) is 5.82 Å². The summed E-state index contributed by atoms with van der Waals surface area (Å²) >= 11 is 1.91. The highest BCUT2D eigenvalue weighted by Gasteiger charge is 2.18. The fraction of sp³-hybridized carbons (Fsp3) is 0.400. The highest BCUT2D eigenvalue weighted by atomic mass is 32.2. The largest absolute Gasteiger partial charge is 0.462 e. The van der Waals surface area contributed by atoms with E-state index in [0.29, 0.717) is 12.2 Å². The fourth-order valence-electron chi connectivity index (χ4n) is 2.92. The lowest BCUT2D eigenvalue weighted by Gasteiger charge is -2.35. The molecule has 3 rings (SSSR count). The molecule has 1 aromatic heterocycles. The van der Waals surface area contributed by atoms with Gasteiger partial charge in [0.25, 0.3) is 0 Å². The van der Waals surface area contributed by atoms with Crippen molar-refractivity contribution < 1.29 is 9.53 Å². The smallest absolute Gasteiger partial charge is 0.339 e. The Labute approximate surface area is 159 Å². The number of nitrogens with zero attached hydrogens (tertiary/aromatic N) is 3. The topological polar surface area (TPSA) is 45.7 Å². The minimum Gasteiger partial charge on any atom is -0.462 e. The van der Waals surface area contributed by atoms with Crippen LogP contribution in [0, 0.1) is 0 Å². The van der Waals surface area contributed by atoms with E-state index in [1.54, 1.807) is 19.2 Å². The first-order chi connectivity index (χ1) is 12.8. The van der Waals surface area contributed by atoms with Gasteiger partial charge in [0.15, 0.2) is 0 Å². The van der Waals surface area contributed by atoms with Crippen LogP contribution in [0.1, 0.15) is 17.3 Å². The van der Waals surface area contributed by atoms with Gasteiger partial charge < -0.3 is 9.64 Å². The van der Waals surface area contributed by atoms with Gasteiger partial charge in [0.2, 0.25) is 0 Å². The Kier molecular flexibility index (Phi) is 6.91. The van der Waals surface area contributed by atoms with E-state index in [-0.39, 0.29) is 5.97 Å². The van der Waals surface area contributed by atoms with Crippen molar-refractivity contribution in [1.82, 2.24) is 9.88 Å². The van der Waals surface area contributed by atoms with Gasteiger partial charge in [-0.3, -0.25) is 4.90 Å². The molecule has 5 nitrogen and oxygen atoms in total. The lowest BCUT2D eigenvalue weighted by Crippen LogP contribution is -2.47. The van der Waals surface area contributed by atoms with Crippen LogP contribution in [0.3, 0.4) is 0 Å². The minimum atomic E-state index is -0.313. The van der Waals surface area contributed by atoms with Crippen molar-refractivity contribution in [3.63, 3.8) is 0 Å². The summed E-state index contributed by atoms with van der Waals surface area (Å²) in [4.78, 5) is 22.2. The van der Waals surface area contributed by atoms with Gasteiger partial charge in [0.1, 0.15) is 5.82 Å². The van der Waals surface area contributed by atoms with E-state index >= 15 is 0 Å². The van der Waals surface area contributed by atoms with Crippen LogP contribution in [-0.2, 0) is 4.74 Å². The molecule has 1 aromatic carbocycles. The molecule has 1 aliphatic heterocycles. The first kappa shape index (κ1) is 18.7. The molecule has 0 spiro atoms. The van der Waals surface area contributed by atoms with Crippen molar-refractivity contribution in [3.8, 4) is 0 Å². The zero-order valence-corrected chi connectivity index (χ0v) is 16.0. The maximum absolute atomic E-state index is 11.7. The van der Waals surface area contributed by atoms with Crippen molar-refractivity contribution in [2.24, 2.45) is 0 Å². The molecule has 0 saturated carbocycles. The second-order valence-electron chi connectivity index (χ2n) is 6.12. The monoisotopic (exact) mass is 371 g/mol. The molecule has 6 heteroatoms. The number of piperazine rings is 1. The zero-order chi connectivity index (χ0) is 18.2. The number of anilines is 1. The number of ether oxygens (including phenoxy) is 1. The van der Waals surface area contributed by atoms with Crippen LogP contribution in [0.15, 0.2) is 53.6 Å². The number of carbonyl (C=O) groups excluding carboxylic acids is 1. The van der Waals surface area contributed by atoms with Crippen LogP contribution in [0.5, 0.6) is 0 Å². The van der Waals surface area contributed by atoms with Crippen LogP contribution in [0.25, 0.3) is 0 Å². The second-order valence-corrected chi connectivity index (χ2v) is 7.28. The van der Waals surface area contributed by atoms with E-state index in [0.717, 1.165) is 44.3 Å². The summed E-state index contributed by atoms with van der Waals surface area (Å²) < 4.78 is 5.00. The van der Waals surface area contributed by atoms with E-state index in [4.69, 9.17) is 4.74 Å². The number of rotatable bonds is 7. The summed E-state index contributed by atoms with van der Waals surface area (Å²) in [7, 11) is 0. The van der Waals surface area contributed by atoms with E-state index in [1.807, 2.05) is 17.8 Å². The molecular formula is C20H25N3O2S. The van der Waals surface area contributed by atoms with E-state index < -0.39 is 0 Å². The van der Waals surface area contributed by atoms with Crippen LogP contribution < -0.4 is 4.90 Å². The van der Waals surface area contributed by atoms with Crippen LogP contribution in [0.2, 0.25) is 0 Å². The number of thioether (sulfide) groups is 1. The van der Waals surface area contributed by atoms with E-state index in [9.17, 15) is 4.79 Å². The molecule has 2 aromatic rings. The third kappa shape index (κ3) is 5.22. The van der Waals surface area contributed by atoms with Gasteiger partial charge in [-0.25, -0.2) is 9.78 Å². The van der Waals surface area contributed by atoms with Gasteiger partial charge in [0.05, 0.1) is 12.2 Å². The lowest BCUT2D eigenvalue weighted by molar-refractivity contribution is 0.0526. The highest BCUT2D eigenvalue weighted by Crippen LogP contribution is 2.18. The molecular weight excluding hydrogens is 346 g/mol. The standard InChI is InChI=1S/C20H25N3O2S/c1-2-25-20(24)17-8-9-19(21-16-17)23-12-10-22(11-13-23)14-15-26-18-6-4-3-5-7-18/h3-9,16H,2,10-15H2,1H3. The normalized spacial score (nSPS) is 15.0. The number of aromatic nitrogens is 1. The Hall–Kier alpha value is -2.05. The summed E-state index contributed by atoms with van der Waals surface area (Å²) in [6.07, 6.45) is 1.61. The molecule has 0 aliphatic carbocycles. The van der Waals surface area contributed by atoms with E-state index in [2.05, 4.69) is 45.1 Å². The Morgan fingerprint density at radius 2 is 1.88 bits per heavy atom. The van der Waals surface area contributed by atoms with E-state index in [1.165, 1.54) is 4.90 Å². The molecule has 0 radical (unpaired) electrons. The predicted octanol–water partition coefficient (Wildman–Crippen LogP) is 3.17. The zero-order valence-electron chi connectivity index (χ0n) is 15.1. The van der Waals surface area contributed by atoms with Crippen LogP contribution >= 0.6 is 11.8 Å². The number of hydrogen-bond acceptors (Lipinski definition) is 6. The average Bonchev–Trinajstić information content (AvgIpc) is 2.70. The second kappa shape index (κ2) is 9.59. The molecule has 138 valence electrons. The van der Waals surface area contributed by atoms with Gasteiger partial charge in [0, 0.05) is 49.6 Å². The first-order valence-electron chi connectivity index (χ1n) is 9.04. The molecule has 1 aliphatic rings. The fourth-order valence-corrected chi connectivity index (χ4v) is 3.85. The molecule has 2 heterocycles. The molecule has 0 bridgehead atoms. The highest BCUT2D eigenvalue weighted by molar-refractivity contribution is 7.99.